The number of hydrogen-bond acceptors (Lipinski definition) is 3. The Kier molecular flexibility index (Phi) is 7.70. The molecule has 1 aliphatic heterocycles. The van der Waals surface area contributed by atoms with Crippen LogP contribution < -0.4 is 5.32 Å². The summed E-state index contributed by atoms with van der Waals surface area (Å²) in [5, 5.41) is 3.28. The summed E-state index contributed by atoms with van der Waals surface area (Å²) in [6, 6.07) is 5.26. The van der Waals surface area contributed by atoms with Gasteiger partial charge < -0.3 is 10.2 Å². The lowest BCUT2D eigenvalue weighted by Crippen LogP contribution is -2.41. The summed E-state index contributed by atoms with van der Waals surface area (Å²) in [5.41, 5.74) is -0.201. The van der Waals surface area contributed by atoms with Crippen LogP contribution in [-0.4, -0.2) is 41.9 Å². The Morgan fingerprint density at radius 3 is 2.78 bits per heavy atom. The lowest BCUT2D eigenvalue weighted by Gasteiger charge is -2.25. The fourth-order valence-corrected chi connectivity index (χ4v) is 3.27. The molecule has 1 aromatic carbocycles. The van der Waals surface area contributed by atoms with Crippen LogP contribution in [0.15, 0.2) is 24.3 Å². The third kappa shape index (κ3) is 6.24. The van der Waals surface area contributed by atoms with Crippen molar-refractivity contribution in [2.75, 3.05) is 25.1 Å². The van der Waals surface area contributed by atoms with Gasteiger partial charge in [-0.25, -0.2) is 0 Å². The van der Waals surface area contributed by atoms with Crippen LogP contribution in [0.1, 0.15) is 17.5 Å². The smallest absolute Gasteiger partial charge is 0.341 e. The van der Waals surface area contributed by atoms with Crippen LogP contribution in [0.25, 0.3) is 0 Å². The molecular weight excluding hydrogens is 349 g/mol. The number of thioether (sulfide) groups is 1. The van der Waals surface area contributed by atoms with E-state index in [0.717, 1.165) is 30.2 Å². The van der Waals surface area contributed by atoms with Crippen molar-refractivity contribution in [1.82, 2.24) is 10.2 Å². The number of rotatable bonds is 4. The normalized spacial score (nSPS) is 18.2. The summed E-state index contributed by atoms with van der Waals surface area (Å²) in [5.74, 6) is 1.88. The Labute approximate surface area is 144 Å². The van der Waals surface area contributed by atoms with E-state index in [2.05, 4.69) is 5.32 Å². The highest BCUT2D eigenvalue weighted by Gasteiger charge is 2.30. The van der Waals surface area contributed by atoms with Gasteiger partial charge in [-0.2, -0.15) is 24.9 Å². The molecule has 1 heterocycles. The van der Waals surface area contributed by atoms with Crippen molar-refractivity contribution in [1.29, 1.82) is 0 Å². The molecule has 0 spiro atoms. The molecule has 0 radical (unpaired) electrons. The van der Waals surface area contributed by atoms with Crippen LogP contribution in [0.2, 0.25) is 0 Å². The van der Waals surface area contributed by atoms with Gasteiger partial charge in [0.1, 0.15) is 0 Å². The van der Waals surface area contributed by atoms with Gasteiger partial charge in [0.15, 0.2) is 0 Å². The maximum absolute atomic E-state index is 12.7. The highest BCUT2D eigenvalue weighted by molar-refractivity contribution is 7.99. The molecule has 1 fully saturated rings. The Morgan fingerprint density at radius 1 is 1.43 bits per heavy atom. The fourth-order valence-electron chi connectivity index (χ4n) is 2.33. The number of hydrogen-bond donors (Lipinski definition) is 1. The molecule has 1 unspecified atom stereocenters. The summed E-state index contributed by atoms with van der Waals surface area (Å²) in [6.45, 7) is 1.07. The predicted molar refractivity (Wildman–Crippen MR) is 88.9 cm³/mol. The van der Waals surface area contributed by atoms with Crippen LogP contribution in [0.4, 0.5) is 13.2 Å². The second-order valence-electron chi connectivity index (χ2n) is 5.38. The van der Waals surface area contributed by atoms with Crippen molar-refractivity contribution in [2.45, 2.75) is 25.2 Å². The molecule has 8 heteroatoms. The van der Waals surface area contributed by atoms with Gasteiger partial charge in [-0.15, -0.1) is 12.4 Å². The highest BCUT2D eigenvalue weighted by Crippen LogP contribution is 2.29. The highest BCUT2D eigenvalue weighted by atomic mass is 35.5. The molecule has 1 aliphatic rings. The van der Waals surface area contributed by atoms with E-state index in [1.807, 2.05) is 11.8 Å². The Balaban J connectivity index is 0.00000264. The first-order chi connectivity index (χ1) is 10.4. The zero-order valence-corrected chi connectivity index (χ0v) is 14.4. The minimum absolute atomic E-state index is 0. The minimum Gasteiger partial charge on any atom is -0.341 e. The van der Waals surface area contributed by atoms with Gasteiger partial charge in [-0.05, 0) is 17.7 Å². The molecule has 0 bridgehead atoms. The van der Waals surface area contributed by atoms with Crippen molar-refractivity contribution >= 4 is 30.1 Å². The number of carbonyl (C=O) groups is 1. The maximum Gasteiger partial charge on any atom is 0.416 e. The third-order valence-corrected chi connectivity index (χ3v) is 4.65. The summed E-state index contributed by atoms with van der Waals surface area (Å²) in [6.07, 6.45) is -3.98. The molecule has 0 aromatic heterocycles. The molecule has 1 saturated heterocycles. The first-order valence-corrected chi connectivity index (χ1v) is 8.23. The van der Waals surface area contributed by atoms with E-state index in [4.69, 9.17) is 0 Å². The van der Waals surface area contributed by atoms with Crippen molar-refractivity contribution in [3.63, 3.8) is 0 Å². The topological polar surface area (TPSA) is 32.3 Å². The molecule has 0 aliphatic carbocycles. The van der Waals surface area contributed by atoms with Gasteiger partial charge in [0.05, 0.1) is 5.56 Å². The van der Waals surface area contributed by atoms with E-state index in [9.17, 15) is 18.0 Å². The number of alkyl halides is 3. The third-order valence-electron chi connectivity index (χ3n) is 3.52. The lowest BCUT2D eigenvalue weighted by molar-refractivity contribution is -0.137. The molecular formula is C15H20ClF3N2OS. The zero-order chi connectivity index (χ0) is 16.2. The van der Waals surface area contributed by atoms with Crippen molar-refractivity contribution in [3.8, 4) is 0 Å². The van der Waals surface area contributed by atoms with E-state index in [1.165, 1.54) is 11.0 Å². The van der Waals surface area contributed by atoms with Gasteiger partial charge in [-0.3, -0.25) is 4.79 Å². The van der Waals surface area contributed by atoms with E-state index in [-0.39, 0.29) is 30.9 Å². The van der Waals surface area contributed by atoms with E-state index < -0.39 is 11.7 Å². The van der Waals surface area contributed by atoms with Crippen LogP contribution in [-0.2, 0) is 17.5 Å². The molecule has 0 saturated carbocycles. The van der Waals surface area contributed by atoms with Gasteiger partial charge in [0.2, 0.25) is 5.91 Å². The average molecular weight is 369 g/mol. The number of nitrogens with one attached hydrogen (secondary N) is 1. The molecule has 1 atom stereocenters. The molecule has 1 aromatic rings. The maximum atomic E-state index is 12.7. The Bertz CT molecular complexity index is 522. The summed E-state index contributed by atoms with van der Waals surface area (Å²) in [4.78, 5) is 13.6. The van der Waals surface area contributed by atoms with Crippen molar-refractivity contribution < 1.29 is 18.0 Å². The number of amides is 1. The van der Waals surface area contributed by atoms with Crippen LogP contribution in [0, 0.1) is 0 Å². The lowest BCUT2D eigenvalue weighted by atomic mass is 10.1. The van der Waals surface area contributed by atoms with Crippen LogP contribution in [0.3, 0.4) is 0 Å². The molecule has 3 nitrogen and oxygen atoms in total. The van der Waals surface area contributed by atoms with Gasteiger partial charge in [0, 0.05) is 44.1 Å². The predicted octanol–water partition coefficient (Wildman–Crippen LogP) is 3.18. The quantitative estimate of drug-likeness (QED) is 0.886. The second kappa shape index (κ2) is 8.80. The number of benzene rings is 1. The largest absolute Gasteiger partial charge is 0.416 e. The number of carbonyl (C=O) groups excluding carboxylic acids is 1. The van der Waals surface area contributed by atoms with Gasteiger partial charge >= 0.3 is 6.18 Å². The summed E-state index contributed by atoms with van der Waals surface area (Å²) >= 11 is 1.81. The molecule has 1 amide bonds. The Morgan fingerprint density at radius 2 is 2.17 bits per heavy atom. The zero-order valence-electron chi connectivity index (χ0n) is 12.7. The molecule has 23 heavy (non-hydrogen) atoms. The number of nitrogens with zero attached hydrogens (tertiary/aromatic N) is 1. The Hall–Kier alpha value is -0.920. The minimum atomic E-state index is -4.36. The second-order valence-corrected chi connectivity index (χ2v) is 6.53. The van der Waals surface area contributed by atoms with Crippen molar-refractivity contribution in [3.05, 3.63) is 35.4 Å². The fraction of sp³-hybridized carbons (Fsp3) is 0.533. The molecule has 1 N–H and O–H groups in total. The average Bonchev–Trinajstić information content (AvgIpc) is 2.47. The van der Waals surface area contributed by atoms with Gasteiger partial charge in [-0.1, -0.05) is 12.1 Å². The van der Waals surface area contributed by atoms with E-state index in [1.54, 1.807) is 13.1 Å². The molecule has 130 valence electrons. The SMILES string of the molecule is CN(Cc1cccc(C(F)(F)F)c1)C(=O)CC1CSCCN1.Cl. The van der Waals surface area contributed by atoms with Gasteiger partial charge in [0.25, 0.3) is 0 Å². The summed E-state index contributed by atoms with van der Waals surface area (Å²) < 4.78 is 38.0. The standard InChI is InChI=1S/C15H19F3N2OS.ClH/c1-20(14(21)8-13-10-22-6-5-19-13)9-11-3-2-4-12(7-11)15(16,17)18;/h2-4,7,13,19H,5-6,8-10H2,1H3;1H. The van der Waals surface area contributed by atoms with E-state index >= 15 is 0 Å². The first kappa shape index (κ1) is 20.1. The van der Waals surface area contributed by atoms with Crippen LogP contribution in [0.5, 0.6) is 0 Å². The summed E-state index contributed by atoms with van der Waals surface area (Å²) in [7, 11) is 1.62. The van der Waals surface area contributed by atoms with E-state index in [0.29, 0.717) is 12.0 Å². The van der Waals surface area contributed by atoms with Crippen LogP contribution >= 0.6 is 24.2 Å². The van der Waals surface area contributed by atoms with Crippen molar-refractivity contribution in [2.24, 2.45) is 0 Å². The number of halogens is 4. The molecule has 2 rings (SSSR count). The monoisotopic (exact) mass is 368 g/mol. The first-order valence-electron chi connectivity index (χ1n) is 7.07.